The van der Waals surface area contributed by atoms with Gasteiger partial charge in [0.25, 0.3) is 0 Å². The highest BCUT2D eigenvalue weighted by molar-refractivity contribution is 5.76. The summed E-state index contributed by atoms with van der Waals surface area (Å²) < 4.78 is 0. The number of rotatable bonds is 6. The normalized spacial score (nSPS) is 11.9. The fourth-order valence-electron chi connectivity index (χ4n) is 1.23. The van der Waals surface area contributed by atoms with Gasteiger partial charge in [0.15, 0.2) is 0 Å². The molecule has 1 amide bonds. The monoisotopic (exact) mass is 237 g/mol. The molecular weight excluding hydrogens is 218 g/mol. The molecule has 1 unspecified atom stereocenters. The van der Waals surface area contributed by atoms with Crippen LogP contribution in [0.4, 0.5) is 11.8 Å². The molecule has 0 aromatic carbocycles. The number of carbonyl (C=O) groups is 1. The van der Waals surface area contributed by atoms with E-state index in [4.69, 9.17) is 5.73 Å². The Kier molecular flexibility index (Phi) is 5.19. The molecule has 6 nitrogen and oxygen atoms in total. The van der Waals surface area contributed by atoms with Crippen LogP contribution in [-0.2, 0) is 4.79 Å². The van der Waals surface area contributed by atoms with Crippen molar-refractivity contribution in [1.82, 2.24) is 15.3 Å². The summed E-state index contributed by atoms with van der Waals surface area (Å²) in [5.74, 6) is 0.891. The average molecular weight is 237 g/mol. The van der Waals surface area contributed by atoms with Gasteiger partial charge in [0, 0.05) is 25.2 Å². The third kappa shape index (κ3) is 5.14. The summed E-state index contributed by atoms with van der Waals surface area (Å²) in [5.41, 5.74) is 5.43. The van der Waals surface area contributed by atoms with Gasteiger partial charge in [-0.2, -0.15) is 4.98 Å². The van der Waals surface area contributed by atoms with Gasteiger partial charge in [0.1, 0.15) is 5.82 Å². The zero-order valence-corrected chi connectivity index (χ0v) is 10.2. The molecule has 1 atom stereocenters. The Morgan fingerprint density at radius 3 is 3.00 bits per heavy atom. The highest BCUT2D eigenvalue weighted by atomic mass is 16.1. The Morgan fingerprint density at radius 2 is 2.35 bits per heavy atom. The molecule has 0 fully saturated rings. The largest absolute Gasteiger partial charge is 0.369 e. The van der Waals surface area contributed by atoms with Crippen molar-refractivity contribution < 1.29 is 4.79 Å². The fraction of sp³-hybridized carbons (Fsp3) is 0.545. The van der Waals surface area contributed by atoms with Crippen molar-refractivity contribution >= 4 is 17.7 Å². The molecule has 1 heterocycles. The SMILES string of the molecule is CCC(C)NC(=O)CCNc1ccnc(N)n1. The van der Waals surface area contributed by atoms with E-state index < -0.39 is 0 Å². The van der Waals surface area contributed by atoms with Crippen molar-refractivity contribution in [3.63, 3.8) is 0 Å². The molecule has 0 aliphatic carbocycles. The maximum atomic E-state index is 11.5. The summed E-state index contributed by atoms with van der Waals surface area (Å²) in [7, 11) is 0. The van der Waals surface area contributed by atoms with Gasteiger partial charge in [-0.15, -0.1) is 0 Å². The zero-order valence-electron chi connectivity index (χ0n) is 10.2. The first kappa shape index (κ1) is 13.2. The van der Waals surface area contributed by atoms with Crippen LogP contribution in [0.5, 0.6) is 0 Å². The van der Waals surface area contributed by atoms with E-state index in [-0.39, 0.29) is 17.9 Å². The quantitative estimate of drug-likeness (QED) is 0.679. The molecule has 0 radical (unpaired) electrons. The van der Waals surface area contributed by atoms with Gasteiger partial charge in [-0.25, -0.2) is 4.98 Å². The minimum Gasteiger partial charge on any atom is -0.369 e. The van der Waals surface area contributed by atoms with Gasteiger partial charge in [-0.3, -0.25) is 4.79 Å². The second-order valence-corrected chi connectivity index (χ2v) is 3.85. The summed E-state index contributed by atoms with van der Waals surface area (Å²) in [5, 5.41) is 5.91. The number of nitrogens with one attached hydrogen (secondary N) is 2. The molecule has 1 rings (SSSR count). The number of anilines is 2. The van der Waals surface area contributed by atoms with Gasteiger partial charge >= 0.3 is 0 Å². The van der Waals surface area contributed by atoms with Crippen molar-refractivity contribution in [2.45, 2.75) is 32.7 Å². The first-order valence-corrected chi connectivity index (χ1v) is 5.73. The van der Waals surface area contributed by atoms with Crippen molar-refractivity contribution in [2.24, 2.45) is 0 Å². The highest BCUT2D eigenvalue weighted by Gasteiger charge is 2.04. The molecule has 0 aliphatic heterocycles. The van der Waals surface area contributed by atoms with E-state index in [1.165, 1.54) is 0 Å². The summed E-state index contributed by atoms with van der Waals surface area (Å²) in [6.07, 6.45) is 2.92. The van der Waals surface area contributed by atoms with Crippen LogP contribution in [0, 0.1) is 0 Å². The van der Waals surface area contributed by atoms with Gasteiger partial charge in [0.2, 0.25) is 11.9 Å². The van der Waals surface area contributed by atoms with Crippen LogP contribution in [0.1, 0.15) is 26.7 Å². The standard InChI is InChI=1S/C11H19N5O/c1-3-8(2)15-10(17)5-7-13-9-4-6-14-11(12)16-9/h4,6,8H,3,5,7H2,1-2H3,(H,15,17)(H3,12,13,14,16). The van der Waals surface area contributed by atoms with Crippen LogP contribution in [0.2, 0.25) is 0 Å². The smallest absolute Gasteiger partial charge is 0.221 e. The molecule has 4 N–H and O–H groups in total. The molecule has 1 aromatic rings. The van der Waals surface area contributed by atoms with E-state index in [0.717, 1.165) is 6.42 Å². The zero-order chi connectivity index (χ0) is 12.7. The van der Waals surface area contributed by atoms with E-state index in [9.17, 15) is 4.79 Å². The molecule has 6 heteroatoms. The lowest BCUT2D eigenvalue weighted by Crippen LogP contribution is -2.33. The number of nitrogens with two attached hydrogens (primary N) is 1. The van der Waals surface area contributed by atoms with E-state index in [2.05, 4.69) is 20.6 Å². The van der Waals surface area contributed by atoms with Crippen molar-refractivity contribution in [1.29, 1.82) is 0 Å². The molecule has 0 aliphatic rings. The topological polar surface area (TPSA) is 92.9 Å². The van der Waals surface area contributed by atoms with Crippen LogP contribution in [0.15, 0.2) is 12.3 Å². The number of hydrogen-bond acceptors (Lipinski definition) is 5. The molecule has 1 aromatic heterocycles. The van der Waals surface area contributed by atoms with Crippen LogP contribution < -0.4 is 16.4 Å². The number of carbonyl (C=O) groups excluding carboxylic acids is 1. The lowest BCUT2D eigenvalue weighted by Gasteiger charge is -2.11. The van der Waals surface area contributed by atoms with Gasteiger partial charge in [0.05, 0.1) is 0 Å². The van der Waals surface area contributed by atoms with Crippen molar-refractivity contribution in [3.05, 3.63) is 12.3 Å². The molecule has 0 spiro atoms. The first-order valence-electron chi connectivity index (χ1n) is 5.73. The Morgan fingerprint density at radius 1 is 1.59 bits per heavy atom. The van der Waals surface area contributed by atoms with E-state index >= 15 is 0 Å². The first-order chi connectivity index (χ1) is 8.11. The van der Waals surface area contributed by atoms with Crippen molar-refractivity contribution in [3.8, 4) is 0 Å². The minimum absolute atomic E-state index is 0.0360. The number of aromatic nitrogens is 2. The van der Waals surface area contributed by atoms with Crippen LogP contribution >= 0.6 is 0 Å². The van der Waals surface area contributed by atoms with Gasteiger partial charge in [-0.1, -0.05) is 6.92 Å². The predicted octanol–water partition coefficient (Wildman–Crippen LogP) is 0.775. The number of nitrogens with zero attached hydrogens (tertiary/aromatic N) is 2. The van der Waals surface area contributed by atoms with Gasteiger partial charge < -0.3 is 16.4 Å². The summed E-state index contributed by atoms with van der Waals surface area (Å²) >= 11 is 0. The Hall–Kier alpha value is -1.85. The Bertz CT molecular complexity index is 369. The second-order valence-electron chi connectivity index (χ2n) is 3.85. The molecule has 0 bridgehead atoms. The van der Waals surface area contributed by atoms with E-state index in [1.807, 2.05) is 13.8 Å². The fourth-order valence-corrected chi connectivity index (χ4v) is 1.23. The average Bonchev–Trinajstić information content (AvgIpc) is 2.29. The molecular formula is C11H19N5O. The third-order valence-electron chi connectivity index (χ3n) is 2.35. The van der Waals surface area contributed by atoms with Crippen LogP contribution in [-0.4, -0.2) is 28.5 Å². The lowest BCUT2D eigenvalue weighted by atomic mass is 10.2. The highest BCUT2D eigenvalue weighted by Crippen LogP contribution is 2.02. The third-order valence-corrected chi connectivity index (χ3v) is 2.35. The summed E-state index contributed by atoms with van der Waals surface area (Å²) in [6, 6.07) is 1.93. The predicted molar refractivity (Wildman–Crippen MR) is 67.4 cm³/mol. The molecule has 0 saturated heterocycles. The maximum Gasteiger partial charge on any atom is 0.221 e. The Labute approximate surface area is 101 Å². The molecule has 17 heavy (non-hydrogen) atoms. The van der Waals surface area contributed by atoms with Gasteiger partial charge in [-0.05, 0) is 19.4 Å². The summed E-state index contributed by atoms with van der Waals surface area (Å²) in [4.78, 5) is 19.2. The number of nitrogen functional groups attached to an aromatic ring is 1. The molecule has 0 saturated carbocycles. The lowest BCUT2D eigenvalue weighted by molar-refractivity contribution is -0.121. The maximum absolute atomic E-state index is 11.5. The number of hydrogen-bond donors (Lipinski definition) is 3. The molecule has 94 valence electrons. The number of amides is 1. The van der Waals surface area contributed by atoms with E-state index in [1.54, 1.807) is 12.3 Å². The Balaban J connectivity index is 2.26. The second kappa shape index (κ2) is 6.67. The summed E-state index contributed by atoms with van der Waals surface area (Å²) in [6.45, 7) is 4.54. The van der Waals surface area contributed by atoms with Crippen molar-refractivity contribution in [2.75, 3.05) is 17.6 Å². The van der Waals surface area contributed by atoms with Crippen LogP contribution in [0.3, 0.4) is 0 Å². The van der Waals surface area contributed by atoms with Crippen LogP contribution in [0.25, 0.3) is 0 Å². The van der Waals surface area contributed by atoms with E-state index in [0.29, 0.717) is 18.8 Å². The minimum atomic E-state index is 0.0360.